The molecule has 0 unspecified atom stereocenters. The van der Waals surface area contributed by atoms with E-state index in [0.717, 1.165) is 4.90 Å². The summed E-state index contributed by atoms with van der Waals surface area (Å²) in [5, 5.41) is 72.7. The molecule has 34 nitrogen and oxygen atoms in total. The lowest BCUT2D eigenvalue weighted by Crippen LogP contribution is -2.62. The molecule has 0 aliphatic carbocycles. The van der Waals surface area contributed by atoms with Gasteiger partial charge in [-0.25, -0.2) is 0 Å². The quantitative estimate of drug-likeness (QED) is 0.0271. The number of aliphatic hydroxyl groups is 3. The predicted octanol–water partition coefficient (Wildman–Crippen LogP) is -7.26. The number of carboxylic acid groups (broad SMARTS) is 2. The van der Waals surface area contributed by atoms with Crippen molar-refractivity contribution >= 4 is 100 Å². The van der Waals surface area contributed by atoms with Crippen LogP contribution in [0.25, 0.3) is 0 Å². The monoisotopic (exact) mass is 1270 g/mol. The van der Waals surface area contributed by atoms with Crippen LogP contribution < -0.4 is 70.4 Å². The van der Waals surface area contributed by atoms with E-state index in [9.17, 15) is 97.5 Å². The lowest BCUT2D eigenvalue weighted by atomic mass is 9.97. The number of amides is 13. The Balaban J connectivity index is 3.41. The number of carbonyl (C=O) groups is 15. The Labute approximate surface area is 513 Å². The number of carboxylic acids is 2. The molecule has 1 heterocycles. The molecule has 1 rings (SSSR count). The largest absolute Gasteiger partial charge is 0.481 e. The van der Waals surface area contributed by atoms with Crippen molar-refractivity contribution in [1.29, 1.82) is 0 Å². The van der Waals surface area contributed by atoms with Gasteiger partial charge in [0.1, 0.15) is 72.5 Å². The highest BCUT2D eigenvalue weighted by atomic mass is 32.2. The molecule has 0 saturated carbocycles. The summed E-state index contributed by atoms with van der Waals surface area (Å²) in [5.74, 6) is -18.0. The van der Waals surface area contributed by atoms with Crippen molar-refractivity contribution in [2.24, 2.45) is 35.0 Å². The number of aliphatic hydroxyl groups excluding tert-OH is 3. The van der Waals surface area contributed by atoms with Crippen LogP contribution in [0.4, 0.5) is 0 Å². The lowest BCUT2D eigenvalue weighted by Gasteiger charge is -2.31. The number of carbonyl (C=O) groups excluding carboxylic acids is 13. The molecule has 1 aliphatic heterocycles. The molecular formula is C53H90N14O20S. The number of hydrogen-bond donors (Lipinski definition) is 18. The highest BCUT2D eigenvalue weighted by Crippen LogP contribution is 2.20. The van der Waals surface area contributed by atoms with Gasteiger partial charge in [-0.2, -0.15) is 11.8 Å². The summed E-state index contributed by atoms with van der Waals surface area (Å²) in [4.78, 5) is 199. The van der Waals surface area contributed by atoms with Crippen LogP contribution in [0.3, 0.4) is 0 Å². The third kappa shape index (κ3) is 26.3. The number of nitrogens with zero attached hydrogens (tertiary/aromatic N) is 1. The maximum Gasteiger partial charge on any atom is 0.305 e. The van der Waals surface area contributed by atoms with Gasteiger partial charge in [-0.3, -0.25) is 71.9 Å². The fourth-order valence-electron chi connectivity index (χ4n) is 8.75. The molecule has 1 aliphatic rings. The van der Waals surface area contributed by atoms with Crippen LogP contribution in [0.15, 0.2) is 0 Å². The Morgan fingerprint density at radius 2 is 1.02 bits per heavy atom. The van der Waals surface area contributed by atoms with E-state index in [1.54, 1.807) is 34.0 Å². The highest BCUT2D eigenvalue weighted by Gasteiger charge is 2.42. The summed E-state index contributed by atoms with van der Waals surface area (Å²) in [5.41, 5.74) is 16.2. The van der Waals surface area contributed by atoms with Crippen molar-refractivity contribution in [1.82, 2.24) is 58.1 Å². The second kappa shape index (κ2) is 38.5. The molecular weight excluding hydrogens is 1180 g/mol. The molecule has 14 atom stereocenters. The van der Waals surface area contributed by atoms with Crippen LogP contribution >= 0.6 is 11.8 Å². The van der Waals surface area contributed by atoms with Crippen LogP contribution in [0.1, 0.15) is 113 Å². The minimum atomic E-state index is -2.01. The first kappa shape index (κ1) is 78.3. The van der Waals surface area contributed by atoms with Crippen molar-refractivity contribution < 1.29 is 97.5 Å². The number of hydrogen-bond acceptors (Lipinski definition) is 20. The van der Waals surface area contributed by atoms with Crippen LogP contribution in [0.2, 0.25) is 0 Å². The summed E-state index contributed by atoms with van der Waals surface area (Å²) in [6, 6.07) is -18.8. The zero-order valence-electron chi connectivity index (χ0n) is 50.9. The molecule has 21 N–H and O–H groups in total. The molecule has 1 saturated heterocycles. The first-order valence-electron chi connectivity index (χ1n) is 28.5. The smallest absolute Gasteiger partial charge is 0.305 e. The number of rotatable bonds is 40. The normalized spacial score (nSPS) is 17.4. The fourth-order valence-corrected chi connectivity index (χ4v) is 9.22. The Morgan fingerprint density at radius 1 is 0.557 bits per heavy atom. The molecule has 0 aromatic rings. The van der Waals surface area contributed by atoms with Gasteiger partial charge in [0.15, 0.2) is 0 Å². The first-order valence-corrected chi connectivity index (χ1v) is 29.9. The molecule has 35 heteroatoms. The summed E-state index contributed by atoms with van der Waals surface area (Å²) in [6.07, 6.45) is -2.44. The molecule has 0 radical (unpaired) electrons. The van der Waals surface area contributed by atoms with Gasteiger partial charge in [0, 0.05) is 13.0 Å². The SMILES string of the molecule is CC[C@H](C)[C@H](NC(=O)[C@@H](N)CO)C(=O)N[C@@H](CC(=O)O)C(=O)N[C@@H](CCSC)C(=O)N[C@H](C(=O)N[C@@H](CC(=O)O)C(=O)N[C@@H](CO)C(=O)N1CCC[C@H]1C(=O)N[C@@H](CCC(N)=O)C(=O)N[C@@H](CC(C)C)C(=O)N[C@@H](C)C(=O)N[C@H](C(N)=O)[C@@H](C)O)C(C)C. The van der Waals surface area contributed by atoms with E-state index in [1.807, 2.05) is 0 Å². The maximum absolute atomic E-state index is 14.1. The molecule has 0 spiro atoms. The minimum Gasteiger partial charge on any atom is -0.481 e. The van der Waals surface area contributed by atoms with Gasteiger partial charge in [-0.1, -0.05) is 48.0 Å². The van der Waals surface area contributed by atoms with E-state index in [4.69, 9.17) is 17.2 Å². The van der Waals surface area contributed by atoms with Gasteiger partial charge in [0.2, 0.25) is 76.8 Å². The number of aliphatic carboxylic acids is 2. The molecule has 498 valence electrons. The Hall–Kier alpha value is -7.76. The van der Waals surface area contributed by atoms with Gasteiger partial charge in [-0.05, 0) is 75.7 Å². The van der Waals surface area contributed by atoms with Crippen molar-refractivity contribution in [3.05, 3.63) is 0 Å². The predicted molar refractivity (Wildman–Crippen MR) is 312 cm³/mol. The second-order valence-electron chi connectivity index (χ2n) is 22.1. The van der Waals surface area contributed by atoms with E-state index in [2.05, 4.69) is 53.2 Å². The Morgan fingerprint density at radius 3 is 1.49 bits per heavy atom. The summed E-state index contributed by atoms with van der Waals surface area (Å²) in [7, 11) is 0. The molecule has 0 bridgehead atoms. The van der Waals surface area contributed by atoms with Crippen LogP contribution in [-0.2, 0) is 71.9 Å². The summed E-state index contributed by atoms with van der Waals surface area (Å²) < 4.78 is 0. The van der Waals surface area contributed by atoms with Crippen LogP contribution in [0, 0.1) is 17.8 Å². The zero-order valence-corrected chi connectivity index (χ0v) is 51.7. The number of primary amides is 2. The van der Waals surface area contributed by atoms with Crippen molar-refractivity contribution in [3.8, 4) is 0 Å². The Bertz CT molecular complexity index is 2490. The van der Waals surface area contributed by atoms with Crippen molar-refractivity contribution in [3.63, 3.8) is 0 Å². The third-order valence-electron chi connectivity index (χ3n) is 14.0. The van der Waals surface area contributed by atoms with E-state index < -0.39 is 218 Å². The number of nitrogens with two attached hydrogens (primary N) is 3. The number of thioether (sulfide) groups is 1. The molecule has 0 aromatic heterocycles. The van der Waals surface area contributed by atoms with E-state index in [0.29, 0.717) is 6.42 Å². The van der Waals surface area contributed by atoms with Gasteiger partial charge in [0.05, 0.1) is 32.2 Å². The summed E-state index contributed by atoms with van der Waals surface area (Å²) in [6.45, 7) is 9.99. The standard InChI is InChI=1S/C53H90N14O20S/c1-10-25(6)40(65-44(78)28(54)21-68)52(86)62-32(19-37(72)73)48(82)58-30(15-17-88-9)46(80)64-39(24(4)5)51(85)61-33(20-38(74)75)49(83)63-34(22-69)53(87)67-16-11-12-35(67)50(84)59-29(13-14-36(55)71)45(79)60-31(18-23(2)3)47(81)57-26(7)43(77)66-41(27(8)70)42(56)76/h23-35,39-41,68-70H,10-22,54H2,1-9H3,(H2,55,71)(H2,56,76)(H,57,81)(H,58,82)(H,59,84)(H,60,79)(H,61,85)(H,62,86)(H,63,83)(H,64,80)(H,65,78)(H,66,77)(H,72,73)(H,74,75)/t25-,26-,27+,28-,29-,30-,31-,32-,33-,34-,35-,39-,40-,41-/m0/s1. The molecule has 88 heavy (non-hydrogen) atoms. The highest BCUT2D eigenvalue weighted by molar-refractivity contribution is 7.98. The topological polar surface area (TPSA) is 559 Å². The van der Waals surface area contributed by atoms with Crippen LogP contribution in [0.5, 0.6) is 0 Å². The lowest BCUT2D eigenvalue weighted by molar-refractivity contribution is -0.144. The molecule has 1 fully saturated rings. The average Bonchev–Trinajstić information content (AvgIpc) is 2.84. The van der Waals surface area contributed by atoms with Crippen molar-refractivity contribution in [2.45, 2.75) is 192 Å². The third-order valence-corrected chi connectivity index (χ3v) is 14.6. The summed E-state index contributed by atoms with van der Waals surface area (Å²) >= 11 is 1.23. The van der Waals surface area contributed by atoms with Crippen LogP contribution in [-0.4, -0.2) is 230 Å². The van der Waals surface area contributed by atoms with Gasteiger partial charge in [0.25, 0.3) is 0 Å². The number of likely N-dealkylation sites (tertiary alicyclic amines) is 1. The minimum absolute atomic E-state index is 0.0223. The van der Waals surface area contributed by atoms with Gasteiger partial charge < -0.3 is 101 Å². The van der Waals surface area contributed by atoms with Crippen molar-refractivity contribution in [2.75, 3.05) is 31.8 Å². The fraction of sp³-hybridized carbons (Fsp3) is 0.717. The zero-order chi connectivity index (χ0) is 67.4. The van der Waals surface area contributed by atoms with E-state index in [-0.39, 0.29) is 43.9 Å². The molecule has 0 aromatic carbocycles. The van der Waals surface area contributed by atoms with E-state index >= 15 is 0 Å². The second-order valence-corrected chi connectivity index (χ2v) is 23.1. The Kier molecular flexibility index (Phi) is 34.2. The van der Waals surface area contributed by atoms with Gasteiger partial charge >= 0.3 is 11.9 Å². The van der Waals surface area contributed by atoms with Gasteiger partial charge in [-0.15, -0.1) is 0 Å². The molecule has 13 amide bonds. The van der Waals surface area contributed by atoms with E-state index in [1.165, 1.54) is 39.5 Å². The maximum atomic E-state index is 14.1. The average molecular weight is 1280 g/mol. The first-order chi connectivity index (χ1) is 41.0. The number of nitrogens with one attached hydrogen (secondary N) is 10.